The highest BCUT2D eigenvalue weighted by atomic mass is 32.2. The lowest BCUT2D eigenvalue weighted by Gasteiger charge is -2.30. The highest BCUT2D eigenvalue weighted by molar-refractivity contribution is 7.99. The molecule has 0 aromatic heterocycles. The van der Waals surface area contributed by atoms with Crippen LogP contribution in [0.1, 0.15) is 83.4 Å². The Morgan fingerprint density at radius 1 is 0.767 bits per heavy atom. The van der Waals surface area contributed by atoms with Crippen molar-refractivity contribution in [2.75, 3.05) is 11.5 Å². The summed E-state index contributed by atoms with van der Waals surface area (Å²) in [5, 5.41) is 21.7. The summed E-state index contributed by atoms with van der Waals surface area (Å²) in [4.78, 5) is 0. The summed E-state index contributed by atoms with van der Waals surface area (Å²) in [5.41, 5.74) is 2.57. The standard InChI is InChI=1S/C27H40O2S/c1-6-7-17-30-18-11-15-26(2,3)22-19-25(29)23(20-24(22)28)27(4,5)16-14-21-12-9-8-10-13-21/h8-10,12-13,19-20,28-29H,6-7,11,14-18H2,1-5H3. The molecule has 2 N–H and O–H groups in total. The third-order valence-corrected chi connectivity index (χ3v) is 7.34. The van der Waals surface area contributed by atoms with Gasteiger partial charge in [-0.1, -0.05) is 71.4 Å². The summed E-state index contributed by atoms with van der Waals surface area (Å²) in [6.45, 7) is 10.8. The molecule has 0 aliphatic rings. The number of phenols is 2. The molecule has 0 atom stereocenters. The van der Waals surface area contributed by atoms with Gasteiger partial charge in [0.05, 0.1) is 0 Å². The number of aryl methyl sites for hydroxylation is 1. The molecule has 2 nitrogen and oxygen atoms in total. The fourth-order valence-electron chi connectivity index (χ4n) is 4.00. The Morgan fingerprint density at radius 2 is 1.30 bits per heavy atom. The van der Waals surface area contributed by atoms with E-state index in [9.17, 15) is 10.2 Å². The molecule has 0 amide bonds. The van der Waals surface area contributed by atoms with E-state index in [-0.39, 0.29) is 10.8 Å². The van der Waals surface area contributed by atoms with Crippen LogP contribution in [0.3, 0.4) is 0 Å². The first-order valence-electron chi connectivity index (χ1n) is 11.4. The van der Waals surface area contributed by atoms with E-state index in [1.807, 2.05) is 17.8 Å². The number of hydrogen-bond acceptors (Lipinski definition) is 3. The van der Waals surface area contributed by atoms with E-state index < -0.39 is 0 Å². The van der Waals surface area contributed by atoms with Gasteiger partial charge in [-0.05, 0) is 72.1 Å². The number of hydrogen-bond donors (Lipinski definition) is 2. The van der Waals surface area contributed by atoms with Gasteiger partial charge in [-0.15, -0.1) is 0 Å². The van der Waals surface area contributed by atoms with Crippen LogP contribution in [0.2, 0.25) is 0 Å². The molecule has 0 heterocycles. The van der Waals surface area contributed by atoms with E-state index in [0.717, 1.165) is 42.6 Å². The van der Waals surface area contributed by atoms with Gasteiger partial charge < -0.3 is 10.2 Å². The van der Waals surface area contributed by atoms with Crippen molar-refractivity contribution in [1.82, 2.24) is 0 Å². The number of aromatic hydroxyl groups is 2. The summed E-state index contributed by atoms with van der Waals surface area (Å²) in [5.74, 6) is 2.99. The zero-order valence-corrected chi connectivity index (χ0v) is 20.3. The van der Waals surface area contributed by atoms with Crippen molar-refractivity contribution in [3.05, 3.63) is 59.2 Å². The zero-order valence-electron chi connectivity index (χ0n) is 19.5. The van der Waals surface area contributed by atoms with E-state index >= 15 is 0 Å². The fourth-order valence-corrected chi connectivity index (χ4v) is 5.04. The van der Waals surface area contributed by atoms with Crippen molar-refractivity contribution in [1.29, 1.82) is 0 Å². The van der Waals surface area contributed by atoms with Crippen LogP contribution in [0.15, 0.2) is 42.5 Å². The normalized spacial score (nSPS) is 12.3. The largest absolute Gasteiger partial charge is 0.508 e. The second kappa shape index (κ2) is 11.1. The van der Waals surface area contributed by atoms with Gasteiger partial charge in [0.2, 0.25) is 0 Å². The van der Waals surface area contributed by atoms with E-state index in [1.54, 1.807) is 12.1 Å². The maximum Gasteiger partial charge on any atom is 0.119 e. The molecule has 0 saturated carbocycles. The lowest BCUT2D eigenvalue weighted by atomic mass is 9.75. The molecule has 2 rings (SSSR count). The summed E-state index contributed by atoms with van der Waals surface area (Å²) in [7, 11) is 0. The summed E-state index contributed by atoms with van der Waals surface area (Å²) < 4.78 is 0. The van der Waals surface area contributed by atoms with Crippen molar-refractivity contribution >= 4 is 11.8 Å². The molecule has 0 aliphatic heterocycles. The lowest BCUT2D eigenvalue weighted by molar-refractivity contribution is 0.391. The van der Waals surface area contributed by atoms with Gasteiger partial charge in [0, 0.05) is 11.1 Å². The Hall–Kier alpha value is -1.61. The second-order valence-electron chi connectivity index (χ2n) is 9.71. The summed E-state index contributed by atoms with van der Waals surface area (Å²) >= 11 is 2.02. The first-order chi connectivity index (χ1) is 14.2. The van der Waals surface area contributed by atoms with Crippen LogP contribution in [0.5, 0.6) is 11.5 Å². The van der Waals surface area contributed by atoms with E-state index in [1.165, 1.54) is 24.2 Å². The van der Waals surface area contributed by atoms with E-state index in [4.69, 9.17) is 0 Å². The highest BCUT2D eigenvalue weighted by Gasteiger charge is 2.29. The third kappa shape index (κ3) is 6.97. The van der Waals surface area contributed by atoms with Gasteiger partial charge in [0.15, 0.2) is 0 Å². The lowest BCUT2D eigenvalue weighted by Crippen LogP contribution is -2.21. The van der Waals surface area contributed by atoms with Crippen molar-refractivity contribution in [2.45, 2.75) is 84.0 Å². The van der Waals surface area contributed by atoms with Crippen LogP contribution in [-0.4, -0.2) is 21.7 Å². The Labute approximate surface area is 188 Å². The molecular weight excluding hydrogens is 388 g/mol. The Bertz CT molecular complexity index is 781. The summed E-state index contributed by atoms with van der Waals surface area (Å²) in [6.07, 6.45) is 6.49. The average Bonchev–Trinajstić information content (AvgIpc) is 2.71. The van der Waals surface area contributed by atoms with Crippen molar-refractivity contribution in [2.24, 2.45) is 0 Å². The number of phenolic OH excluding ortho intramolecular Hbond substituents is 2. The van der Waals surface area contributed by atoms with Crippen LogP contribution in [0.25, 0.3) is 0 Å². The monoisotopic (exact) mass is 428 g/mol. The van der Waals surface area contributed by atoms with E-state index in [0.29, 0.717) is 11.5 Å². The van der Waals surface area contributed by atoms with Gasteiger partial charge in [0.1, 0.15) is 11.5 Å². The van der Waals surface area contributed by atoms with Gasteiger partial charge in [-0.25, -0.2) is 0 Å². The predicted molar refractivity (Wildman–Crippen MR) is 132 cm³/mol. The minimum absolute atomic E-state index is 0.167. The van der Waals surface area contributed by atoms with E-state index in [2.05, 4.69) is 58.9 Å². The summed E-state index contributed by atoms with van der Waals surface area (Å²) in [6, 6.07) is 14.0. The van der Waals surface area contributed by atoms with Gasteiger partial charge in [0.25, 0.3) is 0 Å². The number of unbranched alkanes of at least 4 members (excludes halogenated alkanes) is 1. The molecule has 0 bridgehead atoms. The second-order valence-corrected chi connectivity index (χ2v) is 10.9. The molecule has 3 heteroatoms. The molecular formula is C27H40O2S. The number of thioether (sulfide) groups is 1. The number of benzene rings is 2. The van der Waals surface area contributed by atoms with Gasteiger partial charge in [-0.3, -0.25) is 0 Å². The van der Waals surface area contributed by atoms with Crippen LogP contribution in [-0.2, 0) is 17.3 Å². The molecule has 0 unspecified atom stereocenters. The molecule has 2 aromatic carbocycles. The molecule has 0 fully saturated rings. The zero-order chi connectivity index (χ0) is 22.2. The van der Waals surface area contributed by atoms with Crippen molar-refractivity contribution < 1.29 is 10.2 Å². The van der Waals surface area contributed by atoms with Crippen molar-refractivity contribution in [3.8, 4) is 11.5 Å². The minimum Gasteiger partial charge on any atom is -0.508 e. The molecule has 0 spiro atoms. The third-order valence-electron chi connectivity index (χ3n) is 6.19. The number of rotatable bonds is 12. The Morgan fingerprint density at radius 3 is 1.87 bits per heavy atom. The topological polar surface area (TPSA) is 40.5 Å². The first-order valence-corrected chi connectivity index (χ1v) is 12.5. The predicted octanol–water partition coefficient (Wildman–Crippen LogP) is 7.60. The SMILES string of the molecule is CCCCSCCCC(C)(C)c1cc(O)c(C(C)(C)CCc2ccccc2)cc1O. The molecule has 0 aliphatic carbocycles. The molecule has 2 aromatic rings. The van der Waals surface area contributed by atoms with Crippen LogP contribution in [0.4, 0.5) is 0 Å². The maximum atomic E-state index is 10.9. The maximum absolute atomic E-state index is 10.9. The quantitative estimate of drug-likeness (QED) is 0.270. The van der Waals surface area contributed by atoms with Gasteiger partial charge in [-0.2, -0.15) is 11.8 Å². The average molecular weight is 429 g/mol. The smallest absolute Gasteiger partial charge is 0.119 e. The van der Waals surface area contributed by atoms with Crippen LogP contribution in [0, 0.1) is 0 Å². The molecule has 30 heavy (non-hydrogen) atoms. The molecule has 166 valence electrons. The first kappa shape index (κ1) is 24.7. The molecule has 0 radical (unpaired) electrons. The van der Waals surface area contributed by atoms with Crippen molar-refractivity contribution in [3.63, 3.8) is 0 Å². The van der Waals surface area contributed by atoms with Crippen LogP contribution < -0.4 is 0 Å². The molecule has 0 saturated heterocycles. The minimum atomic E-state index is -0.226. The Kier molecular flexibility index (Phi) is 9.15. The highest BCUT2D eigenvalue weighted by Crippen LogP contribution is 2.43. The Balaban J connectivity index is 2.07. The van der Waals surface area contributed by atoms with Crippen LogP contribution >= 0.6 is 11.8 Å². The fraction of sp³-hybridized carbons (Fsp3) is 0.556. The van der Waals surface area contributed by atoms with Gasteiger partial charge >= 0.3 is 0 Å².